The summed E-state index contributed by atoms with van der Waals surface area (Å²) in [5, 5.41) is 2.89. The number of rotatable bonds is 8. The summed E-state index contributed by atoms with van der Waals surface area (Å²) in [6.07, 6.45) is 2.14. The predicted octanol–water partition coefficient (Wildman–Crippen LogP) is 0.903. The van der Waals surface area contributed by atoms with Crippen molar-refractivity contribution in [3.63, 3.8) is 0 Å². The SMILES string of the molecule is CC(C)CCC(C)NC(=O)COCCN. The van der Waals surface area contributed by atoms with Crippen molar-refractivity contribution in [1.29, 1.82) is 0 Å². The van der Waals surface area contributed by atoms with Gasteiger partial charge >= 0.3 is 0 Å². The van der Waals surface area contributed by atoms with Crippen molar-refractivity contribution >= 4 is 5.91 Å². The minimum Gasteiger partial charge on any atom is -0.370 e. The monoisotopic (exact) mass is 216 g/mol. The predicted molar refractivity (Wildman–Crippen MR) is 61.6 cm³/mol. The summed E-state index contributed by atoms with van der Waals surface area (Å²) < 4.78 is 5.03. The standard InChI is InChI=1S/C11H24N2O2/c1-9(2)4-5-10(3)13-11(14)8-15-7-6-12/h9-10H,4-8,12H2,1-3H3,(H,13,14). The molecule has 4 heteroatoms. The number of hydrogen-bond donors (Lipinski definition) is 2. The Bertz CT molecular complexity index is 172. The summed E-state index contributed by atoms with van der Waals surface area (Å²) >= 11 is 0. The molecule has 0 saturated heterocycles. The molecule has 0 heterocycles. The van der Waals surface area contributed by atoms with E-state index in [1.165, 1.54) is 0 Å². The van der Waals surface area contributed by atoms with Crippen molar-refractivity contribution < 1.29 is 9.53 Å². The van der Waals surface area contributed by atoms with Crippen LogP contribution in [0, 0.1) is 5.92 Å². The summed E-state index contributed by atoms with van der Waals surface area (Å²) in [6.45, 7) is 7.38. The van der Waals surface area contributed by atoms with E-state index in [-0.39, 0.29) is 18.6 Å². The second-order valence-electron chi connectivity index (χ2n) is 4.28. The Hall–Kier alpha value is -0.610. The van der Waals surface area contributed by atoms with Crippen molar-refractivity contribution in [2.75, 3.05) is 19.8 Å². The van der Waals surface area contributed by atoms with Gasteiger partial charge in [-0.15, -0.1) is 0 Å². The lowest BCUT2D eigenvalue weighted by Crippen LogP contribution is -2.35. The van der Waals surface area contributed by atoms with Crippen LogP contribution in [-0.4, -0.2) is 31.7 Å². The molecule has 0 aromatic carbocycles. The molecule has 90 valence electrons. The van der Waals surface area contributed by atoms with Gasteiger partial charge in [-0.25, -0.2) is 0 Å². The van der Waals surface area contributed by atoms with E-state index >= 15 is 0 Å². The van der Waals surface area contributed by atoms with E-state index in [1.54, 1.807) is 0 Å². The summed E-state index contributed by atoms with van der Waals surface area (Å²) in [7, 11) is 0. The molecule has 0 aromatic rings. The Morgan fingerprint density at radius 1 is 1.33 bits per heavy atom. The fraction of sp³-hybridized carbons (Fsp3) is 0.909. The van der Waals surface area contributed by atoms with E-state index in [9.17, 15) is 4.79 Å². The normalized spacial score (nSPS) is 12.9. The minimum atomic E-state index is -0.0558. The Morgan fingerprint density at radius 2 is 2.00 bits per heavy atom. The van der Waals surface area contributed by atoms with Crippen molar-refractivity contribution in [3.05, 3.63) is 0 Å². The highest BCUT2D eigenvalue weighted by Crippen LogP contribution is 2.06. The molecule has 0 spiro atoms. The topological polar surface area (TPSA) is 64.3 Å². The van der Waals surface area contributed by atoms with Crippen LogP contribution in [0.4, 0.5) is 0 Å². The van der Waals surface area contributed by atoms with E-state index in [4.69, 9.17) is 10.5 Å². The number of nitrogens with one attached hydrogen (secondary N) is 1. The van der Waals surface area contributed by atoms with Crippen molar-refractivity contribution in [1.82, 2.24) is 5.32 Å². The van der Waals surface area contributed by atoms with Gasteiger partial charge in [0.2, 0.25) is 5.91 Å². The Labute approximate surface area is 92.6 Å². The lowest BCUT2D eigenvalue weighted by molar-refractivity contribution is -0.126. The third-order valence-electron chi connectivity index (χ3n) is 2.08. The molecule has 0 radical (unpaired) electrons. The minimum absolute atomic E-state index is 0.0558. The van der Waals surface area contributed by atoms with Crippen LogP contribution in [0.15, 0.2) is 0 Å². The van der Waals surface area contributed by atoms with Crippen LogP contribution in [0.2, 0.25) is 0 Å². The third kappa shape index (κ3) is 9.69. The summed E-state index contributed by atoms with van der Waals surface area (Å²) in [5.74, 6) is 0.623. The van der Waals surface area contributed by atoms with Crippen LogP contribution in [0.3, 0.4) is 0 Å². The molecule has 1 amide bonds. The van der Waals surface area contributed by atoms with Gasteiger partial charge in [0.15, 0.2) is 0 Å². The molecule has 1 atom stereocenters. The highest BCUT2D eigenvalue weighted by Gasteiger charge is 2.07. The van der Waals surface area contributed by atoms with Gasteiger partial charge in [-0.1, -0.05) is 13.8 Å². The number of nitrogens with two attached hydrogens (primary N) is 1. The molecule has 4 nitrogen and oxygen atoms in total. The smallest absolute Gasteiger partial charge is 0.246 e. The number of ether oxygens (including phenoxy) is 1. The molecule has 0 aliphatic carbocycles. The lowest BCUT2D eigenvalue weighted by Gasteiger charge is -2.14. The maximum absolute atomic E-state index is 11.3. The van der Waals surface area contributed by atoms with Gasteiger partial charge in [-0.2, -0.15) is 0 Å². The molecule has 3 N–H and O–H groups in total. The van der Waals surface area contributed by atoms with Gasteiger partial charge in [0, 0.05) is 12.6 Å². The lowest BCUT2D eigenvalue weighted by atomic mass is 10.0. The maximum atomic E-state index is 11.3. The van der Waals surface area contributed by atoms with Gasteiger partial charge in [-0.3, -0.25) is 4.79 Å². The third-order valence-corrected chi connectivity index (χ3v) is 2.08. The fourth-order valence-electron chi connectivity index (χ4n) is 1.22. The fourth-order valence-corrected chi connectivity index (χ4v) is 1.22. The quantitative estimate of drug-likeness (QED) is 0.593. The summed E-state index contributed by atoms with van der Waals surface area (Å²) in [6, 6.07) is 0.223. The number of amides is 1. The van der Waals surface area contributed by atoms with E-state index < -0.39 is 0 Å². The molecular weight excluding hydrogens is 192 g/mol. The van der Waals surface area contributed by atoms with Crippen LogP contribution in [0.5, 0.6) is 0 Å². The molecule has 0 aliphatic heterocycles. The molecule has 0 fully saturated rings. The van der Waals surface area contributed by atoms with Crippen LogP contribution in [0.25, 0.3) is 0 Å². The molecular formula is C11H24N2O2. The van der Waals surface area contributed by atoms with Crippen molar-refractivity contribution in [3.8, 4) is 0 Å². The molecule has 0 aliphatic rings. The number of hydrogen-bond acceptors (Lipinski definition) is 3. The summed E-state index contributed by atoms with van der Waals surface area (Å²) in [4.78, 5) is 11.3. The van der Waals surface area contributed by atoms with E-state index in [1.807, 2.05) is 6.92 Å². The van der Waals surface area contributed by atoms with Crippen LogP contribution < -0.4 is 11.1 Å². The Balaban J connectivity index is 3.49. The number of carbonyl (C=O) groups is 1. The highest BCUT2D eigenvalue weighted by atomic mass is 16.5. The largest absolute Gasteiger partial charge is 0.370 e. The first-order valence-corrected chi connectivity index (χ1v) is 5.63. The van der Waals surface area contributed by atoms with Gasteiger partial charge < -0.3 is 15.8 Å². The first kappa shape index (κ1) is 14.4. The maximum Gasteiger partial charge on any atom is 0.246 e. The second kappa shape index (κ2) is 8.68. The zero-order valence-corrected chi connectivity index (χ0v) is 10.1. The summed E-state index contributed by atoms with van der Waals surface area (Å²) in [5.41, 5.74) is 5.24. The molecule has 0 bridgehead atoms. The van der Waals surface area contributed by atoms with Gasteiger partial charge in [0.25, 0.3) is 0 Å². The zero-order valence-electron chi connectivity index (χ0n) is 10.1. The molecule has 15 heavy (non-hydrogen) atoms. The first-order valence-electron chi connectivity index (χ1n) is 5.63. The van der Waals surface area contributed by atoms with Crippen molar-refractivity contribution in [2.24, 2.45) is 11.7 Å². The zero-order chi connectivity index (χ0) is 11.7. The van der Waals surface area contributed by atoms with Crippen LogP contribution in [0.1, 0.15) is 33.6 Å². The number of carbonyl (C=O) groups excluding carboxylic acids is 1. The van der Waals surface area contributed by atoms with E-state index in [0.717, 1.165) is 12.8 Å². The second-order valence-corrected chi connectivity index (χ2v) is 4.28. The average molecular weight is 216 g/mol. The van der Waals surface area contributed by atoms with Gasteiger partial charge in [-0.05, 0) is 25.7 Å². The van der Waals surface area contributed by atoms with Gasteiger partial charge in [0.05, 0.1) is 6.61 Å². The average Bonchev–Trinajstić information content (AvgIpc) is 2.15. The van der Waals surface area contributed by atoms with Crippen LogP contribution >= 0.6 is 0 Å². The molecule has 0 rings (SSSR count). The van der Waals surface area contributed by atoms with Crippen LogP contribution in [-0.2, 0) is 9.53 Å². The first-order chi connectivity index (χ1) is 7.06. The molecule has 0 saturated carbocycles. The van der Waals surface area contributed by atoms with Crippen molar-refractivity contribution in [2.45, 2.75) is 39.7 Å². The molecule has 0 aromatic heterocycles. The Morgan fingerprint density at radius 3 is 2.53 bits per heavy atom. The Kier molecular flexibility index (Phi) is 8.33. The van der Waals surface area contributed by atoms with E-state index in [2.05, 4.69) is 19.2 Å². The van der Waals surface area contributed by atoms with E-state index in [0.29, 0.717) is 19.1 Å². The van der Waals surface area contributed by atoms with Gasteiger partial charge in [0.1, 0.15) is 6.61 Å². The molecule has 1 unspecified atom stereocenters. The highest BCUT2D eigenvalue weighted by molar-refractivity contribution is 5.77.